The Labute approximate surface area is 130 Å². The Balaban J connectivity index is 2.73. The summed E-state index contributed by atoms with van der Waals surface area (Å²) in [4.78, 5) is 12.1. The molecule has 0 aliphatic rings. The molecule has 4 nitrogen and oxygen atoms in total. The van der Waals surface area contributed by atoms with Crippen molar-refractivity contribution in [3.8, 4) is 0 Å². The van der Waals surface area contributed by atoms with Crippen molar-refractivity contribution in [2.75, 3.05) is 11.9 Å². The molecule has 0 fully saturated rings. The second kappa shape index (κ2) is 8.45. The van der Waals surface area contributed by atoms with Crippen molar-refractivity contribution in [2.24, 2.45) is 5.92 Å². The van der Waals surface area contributed by atoms with Gasteiger partial charge >= 0.3 is 0 Å². The van der Waals surface area contributed by atoms with Gasteiger partial charge in [0.25, 0.3) is 5.56 Å². The van der Waals surface area contributed by atoms with Gasteiger partial charge in [-0.3, -0.25) is 4.79 Å². The lowest BCUT2D eigenvalue weighted by Crippen LogP contribution is -2.26. The normalized spacial score (nSPS) is 12.7. The van der Waals surface area contributed by atoms with E-state index >= 15 is 0 Å². The largest absolute Gasteiger partial charge is 0.382 e. The van der Waals surface area contributed by atoms with Gasteiger partial charge in [0.05, 0.1) is 17.9 Å². The monoisotopic (exact) mass is 343 g/mol. The molecule has 0 aliphatic carbocycles. The smallest absolute Gasteiger partial charge is 0.283 e. The Morgan fingerprint density at radius 2 is 2.10 bits per heavy atom. The number of hydrogen-bond donors (Lipinski definition) is 1. The van der Waals surface area contributed by atoms with E-state index in [1.54, 1.807) is 6.20 Å². The predicted molar refractivity (Wildman–Crippen MR) is 88.4 cm³/mol. The molecule has 0 amide bonds. The second-order valence-corrected chi connectivity index (χ2v) is 6.31. The third-order valence-corrected chi connectivity index (χ3v) is 4.32. The average molecular weight is 344 g/mol. The summed E-state index contributed by atoms with van der Waals surface area (Å²) in [5.74, 6) is 0.648. The number of halogens is 1. The van der Waals surface area contributed by atoms with E-state index in [4.69, 9.17) is 0 Å². The van der Waals surface area contributed by atoms with E-state index in [1.807, 2.05) is 13.8 Å². The molecular formula is C15H26BrN3O. The fraction of sp³-hybridized carbons (Fsp3) is 0.733. The van der Waals surface area contributed by atoms with Gasteiger partial charge in [0.15, 0.2) is 0 Å². The topological polar surface area (TPSA) is 46.9 Å². The first-order chi connectivity index (χ1) is 9.51. The average Bonchev–Trinajstić information content (AvgIpc) is 2.43. The Morgan fingerprint density at radius 1 is 1.40 bits per heavy atom. The van der Waals surface area contributed by atoms with Crippen molar-refractivity contribution in [2.45, 2.75) is 59.4 Å². The van der Waals surface area contributed by atoms with Crippen LogP contribution < -0.4 is 10.9 Å². The number of nitrogens with one attached hydrogen (secondary N) is 1. The van der Waals surface area contributed by atoms with Crippen LogP contribution in [0.3, 0.4) is 0 Å². The fourth-order valence-electron chi connectivity index (χ4n) is 2.13. The predicted octanol–water partition coefficient (Wildman–Crippen LogP) is 4.22. The molecule has 0 saturated carbocycles. The van der Waals surface area contributed by atoms with Crippen molar-refractivity contribution in [1.82, 2.24) is 9.78 Å². The SMILES string of the molecule is CCCCC(CC)CNc1cnn(C(C)C)c(=O)c1Br. The Bertz CT molecular complexity index is 471. The summed E-state index contributed by atoms with van der Waals surface area (Å²) in [5, 5.41) is 7.57. The van der Waals surface area contributed by atoms with Crippen LogP contribution in [-0.4, -0.2) is 16.3 Å². The van der Waals surface area contributed by atoms with Gasteiger partial charge in [-0.25, -0.2) is 4.68 Å². The first-order valence-electron chi connectivity index (χ1n) is 7.52. The number of nitrogens with zero attached hydrogens (tertiary/aromatic N) is 2. The van der Waals surface area contributed by atoms with Gasteiger partial charge in [0.1, 0.15) is 4.47 Å². The van der Waals surface area contributed by atoms with Crippen molar-refractivity contribution >= 4 is 21.6 Å². The molecule has 1 heterocycles. The lowest BCUT2D eigenvalue weighted by atomic mass is 9.99. The van der Waals surface area contributed by atoms with E-state index in [2.05, 4.69) is 40.2 Å². The minimum absolute atomic E-state index is 0.0702. The highest BCUT2D eigenvalue weighted by Crippen LogP contribution is 2.19. The van der Waals surface area contributed by atoms with Gasteiger partial charge in [-0.15, -0.1) is 0 Å². The third-order valence-electron chi connectivity index (χ3n) is 3.56. The van der Waals surface area contributed by atoms with Crippen LogP contribution in [0, 0.1) is 5.92 Å². The Hall–Kier alpha value is -0.840. The van der Waals surface area contributed by atoms with E-state index in [-0.39, 0.29) is 11.6 Å². The zero-order chi connectivity index (χ0) is 15.1. The molecular weight excluding hydrogens is 318 g/mol. The van der Waals surface area contributed by atoms with Crippen LogP contribution in [0.1, 0.15) is 59.4 Å². The molecule has 0 saturated heterocycles. The quantitative estimate of drug-likeness (QED) is 0.768. The number of aromatic nitrogens is 2. The number of unbranched alkanes of at least 4 members (excludes halogenated alkanes) is 1. The lowest BCUT2D eigenvalue weighted by molar-refractivity contribution is 0.471. The van der Waals surface area contributed by atoms with Crippen LogP contribution in [0.15, 0.2) is 15.5 Å². The first-order valence-corrected chi connectivity index (χ1v) is 8.31. The molecule has 1 rings (SSSR count). The van der Waals surface area contributed by atoms with Gasteiger partial charge in [-0.1, -0.05) is 33.1 Å². The molecule has 0 radical (unpaired) electrons. The maximum absolute atomic E-state index is 12.1. The number of hydrogen-bond acceptors (Lipinski definition) is 3. The molecule has 0 spiro atoms. The summed E-state index contributed by atoms with van der Waals surface area (Å²) in [5.41, 5.74) is 0.716. The first kappa shape index (κ1) is 17.2. The van der Waals surface area contributed by atoms with E-state index in [0.717, 1.165) is 18.7 Å². The summed E-state index contributed by atoms with van der Waals surface area (Å²) < 4.78 is 2.07. The molecule has 1 unspecified atom stereocenters. The summed E-state index contributed by atoms with van der Waals surface area (Å²) in [7, 11) is 0. The molecule has 1 aromatic rings. The highest BCUT2D eigenvalue weighted by molar-refractivity contribution is 9.10. The van der Waals surface area contributed by atoms with Crippen LogP contribution in [0.2, 0.25) is 0 Å². The van der Waals surface area contributed by atoms with Crippen LogP contribution in [0.25, 0.3) is 0 Å². The highest BCUT2D eigenvalue weighted by Gasteiger charge is 2.12. The van der Waals surface area contributed by atoms with Crippen molar-refractivity contribution in [3.63, 3.8) is 0 Å². The maximum Gasteiger partial charge on any atom is 0.283 e. The van der Waals surface area contributed by atoms with Crippen LogP contribution in [0.4, 0.5) is 5.69 Å². The number of anilines is 1. The Morgan fingerprint density at radius 3 is 2.65 bits per heavy atom. The molecule has 20 heavy (non-hydrogen) atoms. The Kier molecular flexibility index (Phi) is 7.27. The van der Waals surface area contributed by atoms with Crippen LogP contribution in [-0.2, 0) is 0 Å². The fourth-order valence-corrected chi connectivity index (χ4v) is 2.56. The van der Waals surface area contributed by atoms with Gasteiger partial charge < -0.3 is 5.32 Å². The second-order valence-electron chi connectivity index (χ2n) is 5.51. The van der Waals surface area contributed by atoms with E-state index < -0.39 is 0 Å². The summed E-state index contributed by atoms with van der Waals surface area (Å²) in [6.07, 6.45) is 6.61. The third kappa shape index (κ3) is 4.62. The maximum atomic E-state index is 12.1. The van der Waals surface area contributed by atoms with E-state index in [9.17, 15) is 4.79 Å². The molecule has 5 heteroatoms. The molecule has 0 bridgehead atoms. The van der Waals surface area contributed by atoms with Gasteiger partial charge in [0.2, 0.25) is 0 Å². The minimum Gasteiger partial charge on any atom is -0.382 e. The van der Waals surface area contributed by atoms with Crippen LogP contribution >= 0.6 is 15.9 Å². The zero-order valence-corrected chi connectivity index (χ0v) is 14.5. The van der Waals surface area contributed by atoms with E-state index in [1.165, 1.54) is 23.9 Å². The van der Waals surface area contributed by atoms with Crippen LogP contribution in [0.5, 0.6) is 0 Å². The zero-order valence-electron chi connectivity index (χ0n) is 12.9. The molecule has 114 valence electrons. The molecule has 1 aromatic heterocycles. The number of rotatable bonds is 8. The molecule has 1 N–H and O–H groups in total. The van der Waals surface area contributed by atoms with Crippen molar-refractivity contribution < 1.29 is 0 Å². The molecule has 0 aromatic carbocycles. The summed E-state index contributed by atoms with van der Waals surface area (Å²) >= 11 is 3.39. The lowest BCUT2D eigenvalue weighted by Gasteiger charge is -2.17. The molecule has 1 atom stereocenters. The molecule has 0 aliphatic heterocycles. The van der Waals surface area contributed by atoms with E-state index in [0.29, 0.717) is 10.4 Å². The summed E-state index contributed by atoms with van der Waals surface area (Å²) in [6, 6.07) is 0.0702. The summed E-state index contributed by atoms with van der Waals surface area (Å²) in [6.45, 7) is 9.22. The van der Waals surface area contributed by atoms with Crippen molar-refractivity contribution in [1.29, 1.82) is 0 Å². The highest BCUT2D eigenvalue weighted by atomic mass is 79.9. The van der Waals surface area contributed by atoms with Gasteiger partial charge in [0, 0.05) is 6.54 Å². The van der Waals surface area contributed by atoms with Crippen molar-refractivity contribution in [3.05, 3.63) is 21.0 Å². The standard InChI is InChI=1S/C15H26BrN3O/c1-5-7-8-12(6-2)9-17-13-10-18-19(11(3)4)15(20)14(13)16/h10-12,17H,5-9H2,1-4H3. The van der Waals surface area contributed by atoms with Gasteiger partial charge in [-0.2, -0.15) is 5.10 Å². The minimum atomic E-state index is -0.0772. The van der Waals surface area contributed by atoms with Gasteiger partial charge in [-0.05, 0) is 42.1 Å².